The Hall–Kier alpha value is -0.570. The first-order valence-electron chi connectivity index (χ1n) is 4.20. The van der Waals surface area contributed by atoms with Gasteiger partial charge in [-0.2, -0.15) is 5.10 Å². The maximum atomic E-state index is 5.23. The SMILES string of the molecule is CC/C=N/N1CCC[C@H]1OC. The highest BCUT2D eigenvalue weighted by molar-refractivity contribution is 5.56. The van der Waals surface area contributed by atoms with Crippen molar-refractivity contribution < 1.29 is 4.74 Å². The molecule has 0 aromatic rings. The van der Waals surface area contributed by atoms with Crippen molar-refractivity contribution >= 4 is 6.21 Å². The highest BCUT2D eigenvalue weighted by Crippen LogP contribution is 2.16. The van der Waals surface area contributed by atoms with Crippen molar-refractivity contribution in [1.82, 2.24) is 5.01 Å². The van der Waals surface area contributed by atoms with E-state index >= 15 is 0 Å². The molecular formula is C8H16N2O. The van der Waals surface area contributed by atoms with E-state index in [0.717, 1.165) is 19.4 Å². The average molecular weight is 156 g/mol. The smallest absolute Gasteiger partial charge is 0.145 e. The Bertz CT molecular complexity index is 136. The molecule has 0 spiro atoms. The van der Waals surface area contributed by atoms with Crippen LogP contribution in [0.2, 0.25) is 0 Å². The van der Waals surface area contributed by atoms with Crippen LogP contribution in [0, 0.1) is 0 Å². The minimum atomic E-state index is 0.220. The van der Waals surface area contributed by atoms with E-state index in [-0.39, 0.29) is 6.23 Å². The summed E-state index contributed by atoms with van der Waals surface area (Å²) < 4.78 is 5.23. The molecule has 1 rings (SSSR count). The summed E-state index contributed by atoms with van der Waals surface area (Å²) in [6, 6.07) is 0. The molecule has 0 aromatic carbocycles. The van der Waals surface area contributed by atoms with Crippen LogP contribution in [-0.2, 0) is 4.74 Å². The van der Waals surface area contributed by atoms with Gasteiger partial charge >= 0.3 is 0 Å². The molecule has 0 amide bonds. The van der Waals surface area contributed by atoms with Crippen LogP contribution in [-0.4, -0.2) is 31.1 Å². The molecule has 1 saturated heterocycles. The maximum Gasteiger partial charge on any atom is 0.145 e. The molecule has 64 valence electrons. The molecule has 0 aliphatic carbocycles. The highest BCUT2D eigenvalue weighted by atomic mass is 16.5. The van der Waals surface area contributed by atoms with Gasteiger partial charge in [0.05, 0.1) is 0 Å². The first-order chi connectivity index (χ1) is 5.38. The minimum absolute atomic E-state index is 0.220. The van der Waals surface area contributed by atoms with Crippen molar-refractivity contribution in [3.8, 4) is 0 Å². The third kappa shape index (κ3) is 2.19. The summed E-state index contributed by atoms with van der Waals surface area (Å²) in [6.07, 6.45) is 5.44. The minimum Gasteiger partial charge on any atom is -0.360 e. The van der Waals surface area contributed by atoms with Crippen LogP contribution < -0.4 is 0 Å². The zero-order valence-electron chi connectivity index (χ0n) is 7.29. The molecule has 3 nitrogen and oxygen atoms in total. The molecule has 1 heterocycles. The van der Waals surface area contributed by atoms with Crippen LogP contribution in [0.1, 0.15) is 26.2 Å². The average Bonchev–Trinajstić information content (AvgIpc) is 2.47. The topological polar surface area (TPSA) is 24.8 Å². The fraction of sp³-hybridized carbons (Fsp3) is 0.875. The number of hydrazone groups is 1. The number of methoxy groups -OCH3 is 1. The maximum absolute atomic E-state index is 5.23. The molecule has 0 aromatic heterocycles. The van der Waals surface area contributed by atoms with Gasteiger partial charge in [0.1, 0.15) is 6.23 Å². The van der Waals surface area contributed by atoms with Gasteiger partial charge in [-0.05, 0) is 19.3 Å². The summed E-state index contributed by atoms with van der Waals surface area (Å²) in [7, 11) is 1.74. The lowest BCUT2D eigenvalue weighted by Crippen LogP contribution is -2.25. The van der Waals surface area contributed by atoms with Crippen LogP contribution in [0.15, 0.2) is 5.10 Å². The van der Waals surface area contributed by atoms with Crippen molar-refractivity contribution in [2.75, 3.05) is 13.7 Å². The molecule has 0 unspecified atom stereocenters. The van der Waals surface area contributed by atoms with Gasteiger partial charge in [0.2, 0.25) is 0 Å². The summed E-state index contributed by atoms with van der Waals surface area (Å²) in [6.45, 7) is 3.12. The van der Waals surface area contributed by atoms with E-state index in [0.29, 0.717) is 0 Å². The van der Waals surface area contributed by atoms with Crippen LogP contribution in [0.5, 0.6) is 0 Å². The largest absolute Gasteiger partial charge is 0.360 e. The van der Waals surface area contributed by atoms with E-state index in [1.807, 2.05) is 11.2 Å². The number of ether oxygens (including phenoxy) is 1. The predicted molar refractivity (Wildman–Crippen MR) is 45.5 cm³/mol. The van der Waals surface area contributed by atoms with Crippen LogP contribution >= 0.6 is 0 Å². The van der Waals surface area contributed by atoms with Crippen molar-refractivity contribution in [3.63, 3.8) is 0 Å². The summed E-state index contributed by atoms with van der Waals surface area (Å²) >= 11 is 0. The van der Waals surface area contributed by atoms with E-state index in [1.165, 1.54) is 6.42 Å². The predicted octanol–water partition coefficient (Wildman–Crippen LogP) is 1.45. The quantitative estimate of drug-likeness (QED) is 0.578. The van der Waals surface area contributed by atoms with Gasteiger partial charge in [0, 0.05) is 19.9 Å². The van der Waals surface area contributed by atoms with Gasteiger partial charge < -0.3 is 4.74 Å². The van der Waals surface area contributed by atoms with Crippen molar-refractivity contribution in [1.29, 1.82) is 0 Å². The lowest BCUT2D eigenvalue weighted by Gasteiger charge is -2.18. The lowest BCUT2D eigenvalue weighted by molar-refractivity contribution is -0.00204. The first kappa shape index (κ1) is 8.53. The van der Waals surface area contributed by atoms with E-state index < -0.39 is 0 Å². The normalized spacial score (nSPS) is 25.3. The first-order valence-corrected chi connectivity index (χ1v) is 4.20. The molecule has 1 atom stereocenters. The molecule has 1 aliphatic heterocycles. The molecular weight excluding hydrogens is 140 g/mol. The fourth-order valence-corrected chi connectivity index (χ4v) is 1.28. The third-order valence-corrected chi connectivity index (χ3v) is 1.86. The number of hydrogen-bond donors (Lipinski definition) is 0. The Labute approximate surface area is 68.0 Å². The highest BCUT2D eigenvalue weighted by Gasteiger charge is 2.21. The zero-order chi connectivity index (χ0) is 8.10. The van der Waals surface area contributed by atoms with Gasteiger partial charge in [-0.25, -0.2) is 0 Å². The monoisotopic (exact) mass is 156 g/mol. The summed E-state index contributed by atoms with van der Waals surface area (Å²) in [5, 5.41) is 6.29. The second-order valence-electron chi connectivity index (χ2n) is 2.70. The Kier molecular flexibility index (Phi) is 3.36. The Morgan fingerprint density at radius 3 is 3.18 bits per heavy atom. The van der Waals surface area contributed by atoms with Gasteiger partial charge in [-0.15, -0.1) is 0 Å². The van der Waals surface area contributed by atoms with E-state index in [4.69, 9.17) is 4.74 Å². The summed E-state index contributed by atoms with van der Waals surface area (Å²) in [5.41, 5.74) is 0. The zero-order valence-corrected chi connectivity index (χ0v) is 7.29. The Morgan fingerprint density at radius 1 is 1.73 bits per heavy atom. The molecule has 3 heteroatoms. The fourth-order valence-electron chi connectivity index (χ4n) is 1.28. The molecule has 1 aliphatic rings. The number of nitrogens with zero attached hydrogens (tertiary/aromatic N) is 2. The van der Waals surface area contributed by atoms with Gasteiger partial charge in [-0.1, -0.05) is 6.92 Å². The lowest BCUT2D eigenvalue weighted by atomic mass is 10.4. The molecule has 0 bridgehead atoms. The van der Waals surface area contributed by atoms with E-state index in [1.54, 1.807) is 7.11 Å². The van der Waals surface area contributed by atoms with Crippen LogP contribution in [0.4, 0.5) is 0 Å². The molecule has 1 fully saturated rings. The van der Waals surface area contributed by atoms with Crippen LogP contribution in [0.25, 0.3) is 0 Å². The van der Waals surface area contributed by atoms with Gasteiger partial charge in [0.25, 0.3) is 0 Å². The Morgan fingerprint density at radius 2 is 2.55 bits per heavy atom. The summed E-state index contributed by atoms with van der Waals surface area (Å²) in [5.74, 6) is 0. The molecule has 0 saturated carbocycles. The van der Waals surface area contributed by atoms with Crippen LogP contribution in [0.3, 0.4) is 0 Å². The molecule has 11 heavy (non-hydrogen) atoms. The number of hydrogen-bond acceptors (Lipinski definition) is 3. The second-order valence-corrected chi connectivity index (χ2v) is 2.70. The second kappa shape index (κ2) is 4.34. The van der Waals surface area contributed by atoms with Gasteiger partial charge in [-0.3, -0.25) is 5.01 Å². The number of rotatable bonds is 3. The standard InChI is InChI=1S/C8H16N2O/c1-3-6-9-10-7-4-5-8(10)11-2/h6,8H,3-5,7H2,1-2H3/b9-6+/t8-/m1/s1. The van der Waals surface area contributed by atoms with E-state index in [9.17, 15) is 0 Å². The molecule has 0 radical (unpaired) electrons. The van der Waals surface area contributed by atoms with Crippen molar-refractivity contribution in [2.45, 2.75) is 32.4 Å². The molecule has 0 N–H and O–H groups in total. The van der Waals surface area contributed by atoms with Gasteiger partial charge in [0.15, 0.2) is 0 Å². The van der Waals surface area contributed by atoms with Crippen molar-refractivity contribution in [3.05, 3.63) is 0 Å². The third-order valence-electron chi connectivity index (χ3n) is 1.86. The van der Waals surface area contributed by atoms with E-state index in [2.05, 4.69) is 12.0 Å². The van der Waals surface area contributed by atoms with Crippen molar-refractivity contribution in [2.24, 2.45) is 5.10 Å². The Balaban J connectivity index is 2.37. The summed E-state index contributed by atoms with van der Waals surface area (Å²) in [4.78, 5) is 0.